The third kappa shape index (κ3) is 3.48. The van der Waals surface area contributed by atoms with E-state index in [0.717, 1.165) is 48.1 Å². The molecule has 130 valence electrons. The van der Waals surface area contributed by atoms with Crippen LogP contribution in [-0.4, -0.2) is 16.6 Å². The molecule has 0 saturated heterocycles. The van der Waals surface area contributed by atoms with Crippen LogP contribution in [0.15, 0.2) is 34.4 Å². The highest BCUT2D eigenvalue weighted by Crippen LogP contribution is 2.38. The molecule has 7 heteroatoms. The number of aromatic nitrogens is 2. The van der Waals surface area contributed by atoms with Gasteiger partial charge in [0.2, 0.25) is 0 Å². The molecule has 0 saturated carbocycles. The first-order valence-corrected chi connectivity index (χ1v) is 9.51. The number of fused-ring (bicyclic) bond motifs is 1. The highest BCUT2D eigenvalue weighted by atomic mass is 79.9. The van der Waals surface area contributed by atoms with Gasteiger partial charge in [-0.15, -0.1) is 11.3 Å². The van der Waals surface area contributed by atoms with E-state index in [1.807, 2.05) is 38.1 Å². The Kier molecular flexibility index (Phi) is 5.24. The van der Waals surface area contributed by atoms with Crippen LogP contribution < -0.4 is 15.8 Å². The number of nitrogens with two attached hydrogens (primary N) is 1. The first-order chi connectivity index (χ1) is 12.0. The summed E-state index contributed by atoms with van der Waals surface area (Å²) in [6.07, 6.45) is 3.44. The Labute approximate surface area is 159 Å². The van der Waals surface area contributed by atoms with Crippen molar-refractivity contribution >= 4 is 54.7 Å². The van der Waals surface area contributed by atoms with Crippen LogP contribution in [0.3, 0.4) is 0 Å². The van der Waals surface area contributed by atoms with Gasteiger partial charge < -0.3 is 15.8 Å². The van der Waals surface area contributed by atoms with Crippen LogP contribution in [-0.2, 0) is 0 Å². The predicted octanol–water partition coefficient (Wildman–Crippen LogP) is 5.22. The van der Waals surface area contributed by atoms with Gasteiger partial charge in [-0.3, -0.25) is 0 Å². The van der Waals surface area contributed by atoms with Crippen molar-refractivity contribution in [2.75, 3.05) is 11.9 Å². The summed E-state index contributed by atoms with van der Waals surface area (Å²) < 4.78 is 6.86. The van der Waals surface area contributed by atoms with Crippen LogP contribution in [0.4, 0.5) is 11.5 Å². The van der Waals surface area contributed by atoms with Crippen molar-refractivity contribution in [2.24, 2.45) is 5.73 Å². The second-order valence-corrected chi connectivity index (χ2v) is 7.73. The third-order valence-electron chi connectivity index (χ3n) is 3.85. The normalized spacial score (nSPS) is 11.8. The lowest BCUT2D eigenvalue weighted by Crippen LogP contribution is -2.02. The number of thiophene rings is 1. The maximum Gasteiger partial charge on any atom is 0.143 e. The first kappa shape index (κ1) is 17.7. The van der Waals surface area contributed by atoms with Crippen molar-refractivity contribution in [2.45, 2.75) is 20.8 Å². The Balaban J connectivity index is 2.06. The fraction of sp³-hybridized carbons (Fsp3) is 0.222. The molecule has 0 unspecified atom stereocenters. The van der Waals surface area contributed by atoms with Gasteiger partial charge >= 0.3 is 0 Å². The molecule has 0 bridgehead atoms. The highest BCUT2D eigenvalue weighted by molar-refractivity contribution is 9.11. The molecule has 0 atom stereocenters. The average Bonchev–Trinajstić information content (AvgIpc) is 2.91. The molecule has 2 heterocycles. The van der Waals surface area contributed by atoms with E-state index < -0.39 is 0 Å². The summed E-state index contributed by atoms with van der Waals surface area (Å²) in [5.41, 5.74) is 9.63. The zero-order chi connectivity index (χ0) is 18.0. The Bertz CT molecular complexity index is 952. The molecule has 0 radical (unpaired) electrons. The predicted molar refractivity (Wildman–Crippen MR) is 109 cm³/mol. The van der Waals surface area contributed by atoms with Crippen molar-refractivity contribution in [3.05, 3.63) is 45.5 Å². The van der Waals surface area contributed by atoms with Crippen LogP contribution in [0, 0.1) is 6.92 Å². The lowest BCUT2D eigenvalue weighted by Gasteiger charge is -2.14. The van der Waals surface area contributed by atoms with E-state index in [4.69, 9.17) is 10.5 Å². The SMILES string of the molecule is CC=C(N)c1ccc(Nc2ncnc3sc(Br)c(C)c23)c(OCC)c1. The number of ether oxygens (including phenoxy) is 1. The lowest BCUT2D eigenvalue weighted by atomic mass is 10.1. The molecule has 3 N–H and O–H groups in total. The van der Waals surface area contributed by atoms with Gasteiger partial charge in [-0.1, -0.05) is 12.1 Å². The van der Waals surface area contributed by atoms with Gasteiger partial charge in [0.15, 0.2) is 0 Å². The summed E-state index contributed by atoms with van der Waals surface area (Å²) in [7, 11) is 0. The van der Waals surface area contributed by atoms with E-state index in [0.29, 0.717) is 6.61 Å². The first-order valence-electron chi connectivity index (χ1n) is 7.90. The molecule has 5 nitrogen and oxygen atoms in total. The van der Waals surface area contributed by atoms with E-state index in [2.05, 4.69) is 38.1 Å². The average molecular weight is 419 g/mol. The maximum absolute atomic E-state index is 6.02. The van der Waals surface area contributed by atoms with E-state index in [-0.39, 0.29) is 0 Å². The number of nitrogens with zero attached hydrogens (tertiary/aromatic N) is 2. The second-order valence-electron chi connectivity index (χ2n) is 5.42. The Morgan fingerprint density at radius 2 is 2.20 bits per heavy atom. The number of hydrogen-bond donors (Lipinski definition) is 2. The molecule has 1 aromatic carbocycles. The van der Waals surface area contributed by atoms with Gasteiger partial charge in [0.05, 0.1) is 21.5 Å². The van der Waals surface area contributed by atoms with Crippen LogP contribution in [0.25, 0.3) is 15.9 Å². The van der Waals surface area contributed by atoms with E-state index >= 15 is 0 Å². The number of halogens is 1. The van der Waals surface area contributed by atoms with Crippen LogP contribution in [0.1, 0.15) is 25.0 Å². The molecule has 0 amide bonds. The van der Waals surface area contributed by atoms with Crippen LogP contribution in [0.5, 0.6) is 5.75 Å². The van der Waals surface area contributed by atoms with Gasteiger partial charge in [0, 0.05) is 11.3 Å². The Morgan fingerprint density at radius 1 is 1.40 bits per heavy atom. The van der Waals surface area contributed by atoms with Gasteiger partial charge in [0.1, 0.15) is 22.7 Å². The fourth-order valence-electron chi connectivity index (χ4n) is 2.51. The van der Waals surface area contributed by atoms with Crippen molar-refractivity contribution in [1.29, 1.82) is 0 Å². The minimum Gasteiger partial charge on any atom is -0.492 e. The molecular weight excluding hydrogens is 400 g/mol. The quantitative estimate of drug-likeness (QED) is 0.593. The number of nitrogens with one attached hydrogen (secondary N) is 1. The number of aryl methyl sites for hydroxylation is 1. The monoisotopic (exact) mass is 418 g/mol. The molecule has 0 aliphatic rings. The Hall–Kier alpha value is -2.12. The smallest absolute Gasteiger partial charge is 0.143 e. The largest absolute Gasteiger partial charge is 0.492 e. The summed E-state index contributed by atoms with van der Waals surface area (Å²) in [5, 5.41) is 4.40. The standard InChI is InChI=1S/C18H19BrN4OS/c1-4-12(20)11-6-7-13(14(8-11)24-5-2)23-17-15-10(3)16(19)25-18(15)22-9-21-17/h4,6-9H,5,20H2,1-3H3,(H,21,22,23). The summed E-state index contributed by atoms with van der Waals surface area (Å²) in [6, 6.07) is 5.87. The Morgan fingerprint density at radius 3 is 2.92 bits per heavy atom. The minimum absolute atomic E-state index is 0.566. The van der Waals surface area contributed by atoms with Crippen molar-refractivity contribution in [1.82, 2.24) is 9.97 Å². The molecule has 0 fully saturated rings. The van der Waals surface area contributed by atoms with E-state index in [1.54, 1.807) is 17.7 Å². The van der Waals surface area contributed by atoms with Crippen molar-refractivity contribution < 1.29 is 4.74 Å². The molecule has 3 rings (SSSR count). The molecule has 2 aromatic heterocycles. The number of benzene rings is 1. The number of allylic oxidation sites excluding steroid dienone is 1. The minimum atomic E-state index is 0.566. The summed E-state index contributed by atoms with van der Waals surface area (Å²) in [6.45, 7) is 6.49. The maximum atomic E-state index is 6.02. The van der Waals surface area contributed by atoms with Crippen molar-refractivity contribution in [3.63, 3.8) is 0 Å². The summed E-state index contributed by atoms with van der Waals surface area (Å²) in [4.78, 5) is 9.72. The van der Waals surface area contributed by atoms with Gasteiger partial charge in [-0.2, -0.15) is 0 Å². The second kappa shape index (κ2) is 7.41. The fourth-order valence-corrected chi connectivity index (χ4v) is 4.05. The molecule has 0 aliphatic heterocycles. The molecule has 25 heavy (non-hydrogen) atoms. The van der Waals surface area contributed by atoms with Crippen LogP contribution >= 0.6 is 27.3 Å². The zero-order valence-corrected chi connectivity index (χ0v) is 16.7. The third-order valence-corrected chi connectivity index (χ3v) is 5.92. The van der Waals surface area contributed by atoms with Crippen LogP contribution in [0.2, 0.25) is 0 Å². The zero-order valence-electron chi connectivity index (χ0n) is 14.3. The van der Waals surface area contributed by atoms with Gasteiger partial charge in [-0.05, 0) is 54.4 Å². The highest BCUT2D eigenvalue weighted by Gasteiger charge is 2.15. The molecule has 3 aromatic rings. The molecule has 0 spiro atoms. The number of hydrogen-bond acceptors (Lipinski definition) is 6. The van der Waals surface area contributed by atoms with Gasteiger partial charge in [-0.25, -0.2) is 9.97 Å². The van der Waals surface area contributed by atoms with Crippen molar-refractivity contribution in [3.8, 4) is 5.75 Å². The van der Waals surface area contributed by atoms with E-state index in [9.17, 15) is 0 Å². The number of anilines is 2. The lowest BCUT2D eigenvalue weighted by molar-refractivity contribution is 0.342. The molecule has 0 aliphatic carbocycles. The van der Waals surface area contributed by atoms with Gasteiger partial charge in [0.25, 0.3) is 0 Å². The topological polar surface area (TPSA) is 73.1 Å². The number of rotatable bonds is 5. The molecular formula is C18H19BrN4OS. The van der Waals surface area contributed by atoms with E-state index in [1.165, 1.54) is 0 Å². The summed E-state index contributed by atoms with van der Waals surface area (Å²) in [5.74, 6) is 1.50. The summed E-state index contributed by atoms with van der Waals surface area (Å²) >= 11 is 5.18.